The fourth-order valence-electron chi connectivity index (χ4n) is 1.04. The summed E-state index contributed by atoms with van der Waals surface area (Å²) in [5.74, 6) is 1.93. The first-order valence-electron chi connectivity index (χ1n) is 3.38. The third kappa shape index (κ3) is 1.67. The molecule has 1 fully saturated rings. The summed E-state index contributed by atoms with van der Waals surface area (Å²) in [6.45, 7) is 1.64. The van der Waals surface area contributed by atoms with E-state index in [1.54, 1.807) is 7.11 Å². The van der Waals surface area contributed by atoms with Crippen LogP contribution in [-0.4, -0.2) is 31.2 Å². The minimum Gasteiger partial charge on any atom is -0.302 e. The average Bonchev–Trinajstić information content (AvgIpc) is 2.05. The van der Waals surface area contributed by atoms with Crippen LogP contribution in [0.25, 0.3) is 0 Å². The highest BCUT2D eigenvalue weighted by Gasteiger charge is 2.12. The van der Waals surface area contributed by atoms with Crippen molar-refractivity contribution in [2.45, 2.75) is 12.8 Å². The van der Waals surface area contributed by atoms with Gasteiger partial charge in [0, 0.05) is 18.7 Å². The molecule has 0 bridgehead atoms. The molecule has 0 spiro atoms. The molecular formula is C7H11NO2. The second-order valence-corrected chi connectivity index (χ2v) is 2.32. The third-order valence-corrected chi connectivity index (χ3v) is 1.73. The maximum atomic E-state index is 10.1. The summed E-state index contributed by atoms with van der Waals surface area (Å²) < 4.78 is 0. The van der Waals surface area contributed by atoms with Gasteiger partial charge in [0.15, 0.2) is 0 Å². The molecule has 1 heterocycles. The van der Waals surface area contributed by atoms with Crippen LogP contribution in [0, 0.1) is 0 Å². The lowest BCUT2D eigenvalue weighted by Gasteiger charge is -2.23. The predicted octanol–water partition coefficient (Wildman–Crippen LogP) is 0.402. The standard InChI is InChI=1S/C7H11NO2/c1-10-8-4-2-7(6-9)3-5-8/h2-5H2,1H3. The van der Waals surface area contributed by atoms with E-state index < -0.39 is 0 Å². The number of carbonyl (C=O) groups excluding carboxylic acids is 1. The molecule has 1 rings (SSSR count). The zero-order valence-electron chi connectivity index (χ0n) is 6.09. The number of nitrogens with zero attached hydrogens (tertiary/aromatic N) is 1. The minimum atomic E-state index is 0.803. The lowest BCUT2D eigenvalue weighted by atomic mass is 10.1. The molecule has 0 aromatic carbocycles. The van der Waals surface area contributed by atoms with Gasteiger partial charge in [0.05, 0.1) is 7.11 Å². The number of piperidine rings is 1. The van der Waals surface area contributed by atoms with Crippen LogP contribution < -0.4 is 0 Å². The van der Waals surface area contributed by atoms with Crippen molar-refractivity contribution in [3.63, 3.8) is 0 Å². The van der Waals surface area contributed by atoms with Crippen LogP contribution in [0.1, 0.15) is 12.8 Å². The van der Waals surface area contributed by atoms with Crippen molar-refractivity contribution >= 4 is 5.94 Å². The summed E-state index contributed by atoms with van der Waals surface area (Å²) in [6.07, 6.45) is 1.61. The van der Waals surface area contributed by atoms with E-state index in [4.69, 9.17) is 4.84 Å². The maximum Gasteiger partial charge on any atom is 0.123 e. The van der Waals surface area contributed by atoms with Crippen LogP contribution in [0.5, 0.6) is 0 Å². The summed E-state index contributed by atoms with van der Waals surface area (Å²) in [7, 11) is 1.65. The second kappa shape index (κ2) is 3.52. The molecule has 0 aromatic rings. The van der Waals surface area contributed by atoms with Gasteiger partial charge in [-0.2, -0.15) is 5.06 Å². The van der Waals surface area contributed by atoms with Crippen LogP contribution in [0.4, 0.5) is 0 Å². The molecule has 0 aromatic heterocycles. The normalized spacial score (nSPS) is 20.7. The van der Waals surface area contributed by atoms with Crippen LogP contribution in [0.3, 0.4) is 0 Å². The molecule has 0 N–H and O–H groups in total. The van der Waals surface area contributed by atoms with E-state index in [2.05, 4.69) is 0 Å². The van der Waals surface area contributed by atoms with Crippen molar-refractivity contribution in [1.82, 2.24) is 5.06 Å². The lowest BCUT2D eigenvalue weighted by Crippen LogP contribution is -2.29. The van der Waals surface area contributed by atoms with Gasteiger partial charge in [0.25, 0.3) is 0 Å². The Balaban J connectivity index is 2.38. The Morgan fingerprint density at radius 1 is 1.50 bits per heavy atom. The topological polar surface area (TPSA) is 29.5 Å². The van der Waals surface area contributed by atoms with Crippen molar-refractivity contribution in [3.05, 3.63) is 5.57 Å². The Hall–Kier alpha value is -0.630. The second-order valence-electron chi connectivity index (χ2n) is 2.32. The van der Waals surface area contributed by atoms with Crippen LogP contribution >= 0.6 is 0 Å². The van der Waals surface area contributed by atoms with E-state index in [0.29, 0.717) is 0 Å². The Kier molecular flexibility index (Phi) is 2.63. The predicted molar refractivity (Wildman–Crippen MR) is 37.0 cm³/mol. The van der Waals surface area contributed by atoms with E-state index in [1.807, 2.05) is 11.0 Å². The third-order valence-electron chi connectivity index (χ3n) is 1.73. The fraction of sp³-hybridized carbons (Fsp3) is 0.714. The highest BCUT2D eigenvalue weighted by Crippen LogP contribution is 2.12. The van der Waals surface area contributed by atoms with Crippen molar-refractivity contribution in [2.24, 2.45) is 0 Å². The number of hydrogen-bond acceptors (Lipinski definition) is 3. The van der Waals surface area contributed by atoms with Gasteiger partial charge in [-0.25, -0.2) is 4.79 Å². The number of rotatable bonds is 1. The molecular weight excluding hydrogens is 130 g/mol. The van der Waals surface area contributed by atoms with Gasteiger partial charge in [-0.1, -0.05) is 0 Å². The molecule has 0 saturated carbocycles. The molecule has 1 aliphatic rings. The monoisotopic (exact) mass is 141 g/mol. The molecule has 10 heavy (non-hydrogen) atoms. The molecule has 3 heteroatoms. The average molecular weight is 141 g/mol. The molecule has 0 atom stereocenters. The van der Waals surface area contributed by atoms with E-state index in [9.17, 15) is 4.79 Å². The van der Waals surface area contributed by atoms with E-state index in [-0.39, 0.29) is 0 Å². The molecule has 1 saturated heterocycles. The van der Waals surface area contributed by atoms with E-state index in [0.717, 1.165) is 31.5 Å². The van der Waals surface area contributed by atoms with Crippen LogP contribution in [0.15, 0.2) is 5.57 Å². The first-order valence-corrected chi connectivity index (χ1v) is 3.38. The van der Waals surface area contributed by atoms with Gasteiger partial charge >= 0.3 is 0 Å². The van der Waals surface area contributed by atoms with E-state index in [1.165, 1.54) is 0 Å². The molecule has 0 amide bonds. The highest BCUT2D eigenvalue weighted by molar-refractivity contribution is 5.52. The van der Waals surface area contributed by atoms with E-state index >= 15 is 0 Å². The molecule has 3 nitrogen and oxygen atoms in total. The lowest BCUT2D eigenvalue weighted by molar-refractivity contribution is -0.135. The highest BCUT2D eigenvalue weighted by atomic mass is 16.7. The summed E-state index contributed by atoms with van der Waals surface area (Å²) in [5, 5.41) is 1.85. The Bertz CT molecular complexity index is 151. The smallest absolute Gasteiger partial charge is 0.123 e. The minimum absolute atomic E-state index is 0.803. The summed E-state index contributed by atoms with van der Waals surface area (Å²) in [6, 6.07) is 0. The van der Waals surface area contributed by atoms with Crippen molar-refractivity contribution in [2.75, 3.05) is 20.2 Å². The molecule has 0 radical (unpaired) electrons. The van der Waals surface area contributed by atoms with Crippen LogP contribution in [-0.2, 0) is 9.63 Å². The summed E-state index contributed by atoms with van der Waals surface area (Å²) in [5.41, 5.74) is 0.883. The molecule has 0 unspecified atom stereocenters. The Morgan fingerprint density at radius 3 is 2.50 bits per heavy atom. The first kappa shape index (κ1) is 7.48. The van der Waals surface area contributed by atoms with Crippen LogP contribution in [0.2, 0.25) is 0 Å². The van der Waals surface area contributed by atoms with Crippen molar-refractivity contribution < 1.29 is 9.63 Å². The molecule has 56 valence electrons. The summed E-state index contributed by atoms with van der Waals surface area (Å²) >= 11 is 0. The Labute approximate surface area is 60.2 Å². The zero-order valence-corrected chi connectivity index (χ0v) is 6.09. The summed E-state index contributed by atoms with van der Waals surface area (Å²) in [4.78, 5) is 15.1. The fourth-order valence-corrected chi connectivity index (χ4v) is 1.04. The first-order chi connectivity index (χ1) is 4.86. The van der Waals surface area contributed by atoms with Crippen molar-refractivity contribution in [3.8, 4) is 0 Å². The largest absolute Gasteiger partial charge is 0.302 e. The molecule has 1 aliphatic heterocycles. The van der Waals surface area contributed by atoms with Gasteiger partial charge in [-0.3, -0.25) is 0 Å². The maximum absolute atomic E-state index is 10.1. The SMILES string of the molecule is CON1CCC(=C=O)CC1. The van der Waals surface area contributed by atoms with Gasteiger partial charge in [-0.15, -0.1) is 0 Å². The number of hydroxylamine groups is 2. The van der Waals surface area contributed by atoms with Gasteiger partial charge in [-0.05, 0) is 12.8 Å². The molecule has 0 aliphatic carbocycles. The quantitative estimate of drug-likeness (QED) is 0.495. The van der Waals surface area contributed by atoms with Crippen molar-refractivity contribution in [1.29, 1.82) is 0 Å². The van der Waals surface area contributed by atoms with Gasteiger partial charge in [0.1, 0.15) is 5.94 Å². The number of hydrogen-bond donors (Lipinski definition) is 0. The van der Waals surface area contributed by atoms with Gasteiger partial charge in [0.2, 0.25) is 0 Å². The van der Waals surface area contributed by atoms with Gasteiger partial charge < -0.3 is 4.84 Å². The Morgan fingerprint density at radius 2 is 2.10 bits per heavy atom. The zero-order chi connectivity index (χ0) is 7.40.